The van der Waals surface area contributed by atoms with E-state index in [0.29, 0.717) is 12.2 Å². The lowest BCUT2D eigenvalue weighted by Crippen LogP contribution is -2.43. The number of rotatable bonds is 3. The number of anilines is 1. The van der Waals surface area contributed by atoms with Crippen LogP contribution in [-0.2, 0) is 6.54 Å². The number of aliphatic imine (C=N–C) groups is 1. The van der Waals surface area contributed by atoms with Crippen molar-refractivity contribution in [1.29, 1.82) is 0 Å². The molecule has 0 spiro atoms. The number of nitrogens with zero attached hydrogens (tertiary/aromatic N) is 2. The molecule has 0 aliphatic carbocycles. The van der Waals surface area contributed by atoms with Gasteiger partial charge in [0, 0.05) is 25.2 Å². The van der Waals surface area contributed by atoms with Crippen molar-refractivity contribution in [2.75, 3.05) is 18.9 Å². The van der Waals surface area contributed by atoms with E-state index < -0.39 is 0 Å². The SMILES string of the molecule is C[N+]1=c2cc(NCc3ccccc3)c(O)c3c2=C(C=N3)CC1. The molecular weight excluding hydrogens is 274 g/mol. The molecule has 4 heteroatoms. The van der Waals surface area contributed by atoms with Gasteiger partial charge < -0.3 is 10.4 Å². The van der Waals surface area contributed by atoms with Gasteiger partial charge in [0.2, 0.25) is 5.36 Å². The summed E-state index contributed by atoms with van der Waals surface area (Å²) >= 11 is 0. The molecule has 0 amide bonds. The Morgan fingerprint density at radius 1 is 1.27 bits per heavy atom. The average molecular weight is 292 g/mol. The summed E-state index contributed by atoms with van der Waals surface area (Å²) in [6.45, 7) is 1.66. The molecule has 0 saturated carbocycles. The van der Waals surface area contributed by atoms with Gasteiger partial charge >= 0.3 is 0 Å². The summed E-state index contributed by atoms with van der Waals surface area (Å²) in [6, 6.07) is 12.2. The summed E-state index contributed by atoms with van der Waals surface area (Å²) in [5.74, 6) is 0.247. The molecule has 0 aromatic heterocycles. The van der Waals surface area contributed by atoms with Crippen molar-refractivity contribution in [2.45, 2.75) is 13.0 Å². The summed E-state index contributed by atoms with van der Waals surface area (Å²) in [4.78, 5) is 4.42. The van der Waals surface area contributed by atoms with E-state index in [0.717, 1.165) is 29.2 Å². The molecule has 22 heavy (non-hydrogen) atoms. The third-order valence-electron chi connectivity index (χ3n) is 4.38. The summed E-state index contributed by atoms with van der Waals surface area (Å²) in [6.07, 6.45) is 2.87. The Balaban J connectivity index is 1.79. The van der Waals surface area contributed by atoms with Gasteiger partial charge in [-0.05, 0) is 11.1 Å². The molecule has 2 aromatic carbocycles. The Morgan fingerprint density at radius 2 is 2.09 bits per heavy atom. The molecule has 2 N–H and O–H groups in total. The molecule has 0 atom stereocenters. The lowest BCUT2D eigenvalue weighted by atomic mass is 10.1. The smallest absolute Gasteiger partial charge is 0.211 e. The third-order valence-corrected chi connectivity index (χ3v) is 4.38. The fourth-order valence-corrected chi connectivity index (χ4v) is 3.12. The molecule has 110 valence electrons. The van der Waals surface area contributed by atoms with Crippen molar-refractivity contribution in [3.63, 3.8) is 0 Å². The summed E-state index contributed by atoms with van der Waals surface area (Å²) in [5.41, 5.74) is 3.85. The zero-order chi connectivity index (χ0) is 15.1. The maximum atomic E-state index is 10.5. The minimum absolute atomic E-state index is 0.247. The molecule has 2 aromatic rings. The molecule has 4 nitrogen and oxygen atoms in total. The van der Waals surface area contributed by atoms with Crippen molar-refractivity contribution in [3.05, 3.63) is 52.5 Å². The fraction of sp³-hybridized carbons (Fsp3) is 0.222. The van der Waals surface area contributed by atoms with Gasteiger partial charge in [0.1, 0.15) is 19.3 Å². The lowest BCUT2D eigenvalue weighted by molar-refractivity contribution is 0.477. The molecular formula is C18H18N3O+. The summed E-state index contributed by atoms with van der Waals surface area (Å²) < 4.78 is 2.23. The van der Waals surface area contributed by atoms with Gasteiger partial charge in [-0.2, -0.15) is 0 Å². The van der Waals surface area contributed by atoms with Gasteiger partial charge in [0.25, 0.3) is 0 Å². The normalized spacial score (nSPS) is 15.1. The first-order chi connectivity index (χ1) is 10.7. The van der Waals surface area contributed by atoms with E-state index in [4.69, 9.17) is 0 Å². The minimum atomic E-state index is 0.247. The van der Waals surface area contributed by atoms with Gasteiger partial charge in [-0.1, -0.05) is 30.3 Å². The van der Waals surface area contributed by atoms with Crippen LogP contribution in [-0.4, -0.2) is 24.9 Å². The van der Waals surface area contributed by atoms with Crippen LogP contribution in [0.2, 0.25) is 0 Å². The predicted octanol–water partition coefficient (Wildman–Crippen LogP) is 1.40. The molecule has 2 aliphatic heterocycles. The van der Waals surface area contributed by atoms with Gasteiger partial charge in [0.05, 0.1) is 10.9 Å². The van der Waals surface area contributed by atoms with E-state index in [1.54, 1.807) is 0 Å². The highest BCUT2D eigenvalue weighted by molar-refractivity contribution is 6.08. The number of phenols is 1. The van der Waals surface area contributed by atoms with Crippen LogP contribution in [0.1, 0.15) is 12.0 Å². The standard InChI is InChI=1S/C18H17N3O/c1-21-8-7-13-11-20-17-16(13)15(21)9-14(18(17)22)19-10-12-5-3-2-4-6-12/h2-6,9,11H,7-8,10H2,1H3,(H,19,20,22)/p+1. The van der Waals surface area contributed by atoms with Gasteiger partial charge in [-0.15, -0.1) is 0 Å². The van der Waals surface area contributed by atoms with Crippen LogP contribution in [0.15, 0.2) is 41.4 Å². The second-order valence-corrected chi connectivity index (χ2v) is 5.81. The van der Waals surface area contributed by atoms with E-state index in [-0.39, 0.29) is 5.75 Å². The van der Waals surface area contributed by atoms with Gasteiger partial charge in [0.15, 0.2) is 5.75 Å². The average Bonchev–Trinajstić information content (AvgIpc) is 2.98. The van der Waals surface area contributed by atoms with Gasteiger partial charge in [-0.25, -0.2) is 4.58 Å². The molecule has 0 bridgehead atoms. The van der Waals surface area contributed by atoms with Crippen LogP contribution >= 0.6 is 0 Å². The zero-order valence-corrected chi connectivity index (χ0v) is 12.5. The first-order valence-corrected chi connectivity index (χ1v) is 7.53. The number of hydrogen-bond acceptors (Lipinski definition) is 3. The minimum Gasteiger partial charge on any atom is -0.504 e. The van der Waals surface area contributed by atoms with E-state index >= 15 is 0 Å². The maximum absolute atomic E-state index is 10.5. The third kappa shape index (κ3) is 1.99. The Labute approximate surface area is 128 Å². The summed E-state index contributed by atoms with van der Waals surface area (Å²) in [5, 5.41) is 16.1. The Bertz CT molecular complexity index is 898. The highest BCUT2D eigenvalue weighted by Gasteiger charge is 2.23. The van der Waals surface area contributed by atoms with E-state index in [1.165, 1.54) is 11.1 Å². The Hall–Kier alpha value is -2.62. The van der Waals surface area contributed by atoms with Gasteiger partial charge in [-0.3, -0.25) is 4.99 Å². The first-order valence-electron chi connectivity index (χ1n) is 7.53. The molecule has 4 rings (SSSR count). The van der Waals surface area contributed by atoms with E-state index in [1.807, 2.05) is 30.5 Å². The van der Waals surface area contributed by atoms with E-state index in [9.17, 15) is 5.11 Å². The van der Waals surface area contributed by atoms with Crippen LogP contribution < -0.4 is 20.5 Å². The van der Waals surface area contributed by atoms with Crippen molar-refractivity contribution in [1.82, 2.24) is 4.58 Å². The molecule has 0 saturated heterocycles. The molecule has 2 heterocycles. The molecule has 0 fully saturated rings. The predicted molar refractivity (Wildman–Crippen MR) is 89.3 cm³/mol. The van der Waals surface area contributed by atoms with Crippen molar-refractivity contribution < 1.29 is 5.11 Å². The Kier molecular flexibility index (Phi) is 2.96. The van der Waals surface area contributed by atoms with Crippen molar-refractivity contribution in [3.8, 4) is 5.75 Å². The molecule has 0 unspecified atom stereocenters. The number of phenolic OH excluding ortho intramolecular Hbond substituents is 1. The van der Waals surface area contributed by atoms with Crippen LogP contribution in [0.3, 0.4) is 0 Å². The summed E-state index contributed by atoms with van der Waals surface area (Å²) in [7, 11) is 2.09. The number of nitrogens with one attached hydrogen (secondary N) is 1. The highest BCUT2D eigenvalue weighted by atomic mass is 16.3. The quantitative estimate of drug-likeness (QED) is 0.663. The fourth-order valence-electron chi connectivity index (χ4n) is 3.12. The second kappa shape index (κ2) is 4.98. The lowest BCUT2D eigenvalue weighted by Gasteiger charge is -2.11. The van der Waals surface area contributed by atoms with Crippen molar-refractivity contribution in [2.24, 2.45) is 4.99 Å². The maximum Gasteiger partial charge on any atom is 0.211 e. The number of hydrogen-bond donors (Lipinski definition) is 2. The largest absolute Gasteiger partial charge is 0.504 e. The van der Waals surface area contributed by atoms with Crippen LogP contribution in [0.4, 0.5) is 11.4 Å². The second-order valence-electron chi connectivity index (χ2n) is 5.81. The highest BCUT2D eigenvalue weighted by Crippen LogP contribution is 2.32. The van der Waals surface area contributed by atoms with Crippen LogP contribution in [0.5, 0.6) is 5.75 Å². The Morgan fingerprint density at radius 3 is 2.91 bits per heavy atom. The van der Waals surface area contributed by atoms with Crippen LogP contribution in [0.25, 0.3) is 5.57 Å². The topological polar surface area (TPSA) is 47.6 Å². The zero-order valence-electron chi connectivity index (χ0n) is 12.5. The first kappa shape index (κ1) is 13.1. The molecule has 2 aliphatic rings. The van der Waals surface area contributed by atoms with Crippen LogP contribution in [0, 0.1) is 0 Å². The number of aromatic hydroxyl groups is 1. The monoisotopic (exact) mass is 292 g/mol. The van der Waals surface area contributed by atoms with Crippen molar-refractivity contribution >= 4 is 23.2 Å². The number of benzene rings is 2. The van der Waals surface area contributed by atoms with E-state index in [2.05, 4.69) is 34.1 Å². The molecule has 0 radical (unpaired) electrons.